The summed E-state index contributed by atoms with van der Waals surface area (Å²) < 4.78 is 0. The number of hydrogen-bond acceptors (Lipinski definition) is 3. The summed E-state index contributed by atoms with van der Waals surface area (Å²) in [6.07, 6.45) is 2.58. The standard InChI is InChI=1S/C12H13NO2S/c1-16-10-4-2-9(3-5-10)11(14)8-13-7-6-12(13)15/h2-5H,6-8H2,1H3. The molecule has 0 radical (unpaired) electrons. The molecule has 0 bridgehead atoms. The van der Waals surface area contributed by atoms with Crippen LogP contribution in [-0.2, 0) is 4.79 Å². The van der Waals surface area contributed by atoms with Gasteiger partial charge in [0.15, 0.2) is 5.78 Å². The van der Waals surface area contributed by atoms with E-state index in [0.29, 0.717) is 18.5 Å². The number of rotatable bonds is 4. The SMILES string of the molecule is CSc1ccc(C(=O)CN2CCC2=O)cc1. The number of Topliss-reactive ketones (excluding diaryl/α,β-unsaturated/α-hetero) is 1. The molecule has 0 N–H and O–H groups in total. The minimum atomic E-state index is 0.0145. The first-order chi connectivity index (χ1) is 7.70. The van der Waals surface area contributed by atoms with Crippen molar-refractivity contribution >= 4 is 23.5 Å². The van der Waals surface area contributed by atoms with E-state index in [1.165, 1.54) is 0 Å². The van der Waals surface area contributed by atoms with Crippen molar-refractivity contribution in [2.24, 2.45) is 0 Å². The van der Waals surface area contributed by atoms with Gasteiger partial charge in [0.1, 0.15) is 0 Å². The van der Waals surface area contributed by atoms with Gasteiger partial charge in [-0.05, 0) is 18.4 Å². The molecule has 1 aliphatic heterocycles. The number of carbonyl (C=O) groups excluding carboxylic acids is 2. The van der Waals surface area contributed by atoms with Gasteiger partial charge in [-0.1, -0.05) is 12.1 Å². The molecule has 0 atom stereocenters. The largest absolute Gasteiger partial charge is 0.334 e. The molecule has 2 rings (SSSR count). The van der Waals surface area contributed by atoms with Gasteiger partial charge >= 0.3 is 0 Å². The Morgan fingerprint density at radius 3 is 2.50 bits per heavy atom. The zero-order valence-corrected chi connectivity index (χ0v) is 9.92. The molecule has 0 aromatic heterocycles. The van der Waals surface area contributed by atoms with Crippen molar-refractivity contribution in [3.05, 3.63) is 29.8 Å². The smallest absolute Gasteiger partial charge is 0.224 e. The number of thioether (sulfide) groups is 1. The molecular formula is C12H13NO2S. The molecule has 1 saturated heterocycles. The van der Waals surface area contributed by atoms with Crippen LogP contribution in [0.4, 0.5) is 0 Å². The lowest BCUT2D eigenvalue weighted by molar-refractivity contribution is -0.138. The lowest BCUT2D eigenvalue weighted by Gasteiger charge is -2.29. The van der Waals surface area contributed by atoms with Gasteiger partial charge in [0.05, 0.1) is 6.54 Å². The lowest BCUT2D eigenvalue weighted by Crippen LogP contribution is -2.46. The van der Waals surface area contributed by atoms with E-state index in [4.69, 9.17) is 0 Å². The Labute approximate surface area is 98.8 Å². The summed E-state index contributed by atoms with van der Waals surface area (Å²) in [5.74, 6) is 0.0924. The maximum absolute atomic E-state index is 11.8. The second kappa shape index (κ2) is 4.70. The van der Waals surface area contributed by atoms with E-state index in [0.717, 1.165) is 4.90 Å². The van der Waals surface area contributed by atoms with E-state index < -0.39 is 0 Å². The molecule has 0 unspecified atom stereocenters. The topological polar surface area (TPSA) is 37.4 Å². The van der Waals surface area contributed by atoms with E-state index in [2.05, 4.69) is 0 Å². The second-order valence-electron chi connectivity index (χ2n) is 3.72. The number of benzene rings is 1. The number of likely N-dealkylation sites (tertiary alicyclic amines) is 1. The number of nitrogens with zero attached hydrogens (tertiary/aromatic N) is 1. The van der Waals surface area contributed by atoms with Crippen molar-refractivity contribution in [1.29, 1.82) is 0 Å². The fourth-order valence-corrected chi connectivity index (χ4v) is 1.98. The average molecular weight is 235 g/mol. The van der Waals surface area contributed by atoms with Crippen LogP contribution in [0, 0.1) is 0 Å². The Hall–Kier alpha value is -1.29. The molecule has 1 heterocycles. The Kier molecular flexibility index (Phi) is 3.29. The van der Waals surface area contributed by atoms with Crippen LogP contribution in [0.15, 0.2) is 29.2 Å². The van der Waals surface area contributed by atoms with E-state index in [9.17, 15) is 9.59 Å². The highest BCUT2D eigenvalue weighted by atomic mass is 32.2. The molecule has 1 amide bonds. The summed E-state index contributed by atoms with van der Waals surface area (Å²) >= 11 is 1.64. The molecular weight excluding hydrogens is 222 g/mol. The van der Waals surface area contributed by atoms with Crippen molar-refractivity contribution in [2.75, 3.05) is 19.3 Å². The van der Waals surface area contributed by atoms with E-state index in [1.807, 2.05) is 30.5 Å². The van der Waals surface area contributed by atoms with Crippen LogP contribution in [-0.4, -0.2) is 35.9 Å². The molecule has 0 saturated carbocycles. The van der Waals surface area contributed by atoms with Gasteiger partial charge in [0.2, 0.25) is 5.91 Å². The van der Waals surface area contributed by atoms with Crippen LogP contribution >= 0.6 is 11.8 Å². The molecule has 0 aliphatic carbocycles. The molecule has 0 spiro atoms. The van der Waals surface area contributed by atoms with Crippen LogP contribution in [0.5, 0.6) is 0 Å². The minimum absolute atomic E-state index is 0.0145. The van der Waals surface area contributed by atoms with Crippen LogP contribution in [0.25, 0.3) is 0 Å². The van der Waals surface area contributed by atoms with Crippen LogP contribution in [0.3, 0.4) is 0 Å². The highest BCUT2D eigenvalue weighted by Crippen LogP contribution is 2.16. The number of ketones is 1. The number of β-lactam (4-membered cyclic amide) rings is 1. The third-order valence-electron chi connectivity index (χ3n) is 2.69. The van der Waals surface area contributed by atoms with Gasteiger partial charge in [-0.2, -0.15) is 0 Å². The molecule has 16 heavy (non-hydrogen) atoms. The molecule has 4 heteroatoms. The fraction of sp³-hybridized carbons (Fsp3) is 0.333. The first-order valence-electron chi connectivity index (χ1n) is 5.16. The van der Waals surface area contributed by atoms with Gasteiger partial charge in [0, 0.05) is 23.4 Å². The highest BCUT2D eigenvalue weighted by Gasteiger charge is 2.25. The first kappa shape index (κ1) is 11.2. The van der Waals surface area contributed by atoms with Crippen molar-refractivity contribution in [3.8, 4) is 0 Å². The van der Waals surface area contributed by atoms with Crippen LogP contribution in [0.2, 0.25) is 0 Å². The summed E-state index contributed by atoms with van der Waals surface area (Å²) in [6, 6.07) is 7.49. The van der Waals surface area contributed by atoms with Gasteiger partial charge in [-0.25, -0.2) is 0 Å². The number of amides is 1. The molecule has 1 aromatic rings. The zero-order valence-electron chi connectivity index (χ0n) is 9.10. The monoisotopic (exact) mass is 235 g/mol. The number of carbonyl (C=O) groups is 2. The van der Waals surface area contributed by atoms with Gasteiger partial charge in [-0.3, -0.25) is 9.59 Å². The van der Waals surface area contributed by atoms with Crippen molar-refractivity contribution in [3.63, 3.8) is 0 Å². The summed E-state index contributed by atoms with van der Waals surface area (Å²) in [5, 5.41) is 0. The van der Waals surface area contributed by atoms with Gasteiger partial charge in [0.25, 0.3) is 0 Å². The second-order valence-corrected chi connectivity index (χ2v) is 4.60. The molecule has 84 valence electrons. The molecule has 1 fully saturated rings. The quantitative estimate of drug-likeness (QED) is 0.454. The Morgan fingerprint density at radius 2 is 2.06 bits per heavy atom. The third-order valence-corrected chi connectivity index (χ3v) is 3.44. The minimum Gasteiger partial charge on any atom is -0.334 e. The number of hydrogen-bond donors (Lipinski definition) is 0. The normalized spacial score (nSPS) is 14.8. The van der Waals surface area contributed by atoms with Gasteiger partial charge in [-0.15, -0.1) is 11.8 Å². The molecule has 1 aromatic carbocycles. The summed E-state index contributed by atoms with van der Waals surface area (Å²) in [7, 11) is 0. The van der Waals surface area contributed by atoms with Crippen molar-refractivity contribution < 1.29 is 9.59 Å². The fourth-order valence-electron chi connectivity index (χ4n) is 1.57. The molecule has 3 nitrogen and oxygen atoms in total. The van der Waals surface area contributed by atoms with Crippen molar-refractivity contribution in [2.45, 2.75) is 11.3 Å². The average Bonchev–Trinajstić information content (AvgIpc) is 2.34. The highest BCUT2D eigenvalue weighted by molar-refractivity contribution is 7.98. The van der Waals surface area contributed by atoms with Crippen LogP contribution < -0.4 is 0 Å². The maximum Gasteiger partial charge on any atom is 0.224 e. The zero-order chi connectivity index (χ0) is 11.5. The van der Waals surface area contributed by atoms with E-state index in [-0.39, 0.29) is 18.2 Å². The lowest BCUT2D eigenvalue weighted by atomic mass is 10.1. The maximum atomic E-state index is 11.8. The predicted molar refractivity (Wildman–Crippen MR) is 63.8 cm³/mol. The predicted octanol–water partition coefficient (Wildman–Crippen LogP) is 1.82. The Balaban J connectivity index is 2.00. The summed E-state index contributed by atoms with van der Waals surface area (Å²) in [4.78, 5) is 25.6. The third kappa shape index (κ3) is 2.27. The first-order valence-corrected chi connectivity index (χ1v) is 6.38. The Bertz CT molecular complexity index is 414. The summed E-state index contributed by atoms with van der Waals surface area (Å²) in [5.41, 5.74) is 0.678. The Morgan fingerprint density at radius 1 is 1.38 bits per heavy atom. The summed E-state index contributed by atoms with van der Waals surface area (Å²) in [6.45, 7) is 0.935. The van der Waals surface area contributed by atoms with Crippen molar-refractivity contribution in [1.82, 2.24) is 4.90 Å². The molecule has 1 aliphatic rings. The van der Waals surface area contributed by atoms with Gasteiger partial charge < -0.3 is 4.90 Å². The van der Waals surface area contributed by atoms with Crippen LogP contribution in [0.1, 0.15) is 16.8 Å². The van der Waals surface area contributed by atoms with E-state index in [1.54, 1.807) is 16.7 Å². The van der Waals surface area contributed by atoms with E-state index >= 15 is 0 Å².